The Kier molecular flexibility index (Phi) is 3.94. The third-order valence-electron chi connectivity index (χ3n) is 4.15. The molecule has 27 heavy (non-hydrogen) atoms. The Morgan fingerprint density at radius 2 is 2.37 bits per heavy atom. The van der Waals surface area contributed by atoms with E-state index >= 15 is 0 Å². The van der Waals surface area contributed by atoms with Crippen molar-refractivity contribution in [2.24, 2.45) is 0 Å². The molecular weight excluding hydrogens is 387 g/mol. The predicted molar refractivity (Wildman–Crippen MR) is 103 cm³/mol. The van der Waals surface area contributed by atoms with Gasteiger partial charge in [0.2, 0.25) is 0 Å². The van der Waals surface area contributed by atoms with Crippen molar-refractivity contribution in [1.29, 1.82) is 5.26 Å². The van der Waals surface area contributed by atoms with E-state index in [4.69, 9.17) is 22.4 Å². The predicted octanol–water partition coefficient (Wildman–Crippen LogP) is 3.83. The second-order valence-corrected chi connectivity index (χ2v) is 7.49. The number of nitriles is 1. The quantitative estimate of drug-likeness (QED) is 0.709. The lowest BCUT2D eigenvalue weighted by Gasteiger charge is -2.32. The highest BCUT2D eigenvalue weighted by Crippen LogP contribution is 2.28. The van der Waals surface area contributed by atoms with E-state index in [2.05, 4.69) is 15.0 Å². The van der Waals surface area contributed by atoms with Crippen LogP contribution in [-0.2, 0) is 6.52 Å². The Morgan fingerprint density at radius 3 is 3.15 bits per heavy atom. The second-order valence-electron chi connectivity index (χ2n) is 5.93. The van der Waals surface area contributed by atoms with Crippen LogP contribution in [0, 0.1) is 17.1 Å². The van der Waals surface area contributed by atoms with Crippen LogP contribution in [0.5, 0.6) is 0 Å². The minimum absolute atomic E-state index is 0.204. The van der Waals surface area contributed by atoms with Crippen molar-refractivity contribution in [2.45, 2.75) is 25.4 Å². The number of piperidine rings is 1. The molecule has 1 fully saturated rings. The Morgan fingerprint density at radius 1 is 1.56 bits per heavy atom. The van der Waals surface area contributed by atoms with E-state index in [-0.39, 0.29) is 28.7 Å². The Balaban J connectivity index is 1.52. The van der Waals surface area contributed by atoms with E-state index in [1.165, 1.54) is 29.8 Å². The summed E-state index contributed by atoms with van der Waals surface area (Å²) in [6.07, 6.45) is 1.80. The maximum absolute atomic E-state index is 13.8. The van der Waals surface area contributed by atoms with Gasteiger partial charge in [-0.2, -0.15) is 5.26 Å². The van der Waals surface area contributed by atoms with Gasteiger partial charge in [-0.15, -0.1) is 0 Å². The highest BCUT2D eigenvalue weighted by Gasteiger charge is 2.21. The number of likely N-dealkylation sites (tertiary alicyclic amines) is 1. The first kappa shape index (κ1) is 13.8. The van der Waals surface area contributed by atoms with Crippen molar-refractivity contribution < 1.29 is 9.91 Å². The second kappa shape index (κ2) is 7.72. The number of hydrogen-bond donors (Lipinski definition) is 1. The van der Waals surface area contributed by atoms with E-state index in [1.54, 1.807) is 11.0 Å². The SMILES string of the molecule is [2H]c1cc(C([2H])N2CCC([2H])(N([2H])c3ncnc4sc(Cl)nc34)CC2)cc(C#N)c1F. The number of thiazole rings is 1. The molecule has 0 radical (unpaired) electrons. The van der Waals surface area contributed by atoms with Crippen molar-refractivity contribution in [1.82, 2.24) is 19.9 Å². The van der Waals surface area contributed by atoms with Gasteiger partial charge in [-0.3, -0.25) is 4.90 Å². The van der Waals surface area contributed by atoms with E-state index < -0.39 is 24.4 Å². The first-order valence-electron chi connectivity index (χ1n) is 10.2. The molecule has 0 saturated carbocycles. The molecule has 0 bridgehead atoms. The molecule has 1 N–H and O–H groups in total. The topological polar surface area (TPSA) is 77.7 Å². The first-order valence-corrected chi connectivity index (χ1v) is 9.35. The summed E-state index contributed by atoms with van der Waals surface area (Å²) in [7, 11) is 0. The summed E-state index contributed by atoms with van der Waals surface area (Å²) in [5, 5.41) is 10.1. The average Bonchev–Trinajstić information content (AvgIpc) is 3.15. The number of nitrogens with zero attached hydrogens (tertiary/aromatic N) is 5. The molecule has 9 heteroatoms. The van der Waals surface area contributed by atoms with Crippen LogP contribution in [0.4, 0.5) is 10.2 Å². The van der Waals surface area contributed by atoms with Crippen LogP contribution >= 0.6 is 22.9 Å². The molecule has 3 aromatic rings. The molecule has 0 amide bonds. The van der Waals surface area contributed by atoms with Gasteiger partial charge < -0.3 is 5.31 Å². The van der Waals surface area contributed by atoms with E-state index in [0.717, 1.165) is 5.31 Å². The minimum atomic E-state index is -1.30. The molecule has 6 nitrogen and oxygen atoms in total. The summed E-state index contributed by atoms with van der Waals surface area (Å²) in [5.74, 6) is -0.694. The highest BCUT2D eigenvalue weighted by molar-refractivity contribution is 7.21. The summed E-state index contributed by atoms with van der Waals surface area (Å²) in [5.41, 5.74) is 0.453. The zero-order chi connectivity index (χ0) is 22.3. The number of fused-ring (bicyclic) bond motifs is 1. The Labute approximate surface area is 170 Å². The van der Waals surface area contributed by atoms with Crippen LogP contribution in [0.1, 0.15) is 28.1 Å². The lowest BCUT2D eigenvalue weighted by atomic mass is 10.0. The van der Waals surface area contributed by atoms with Crippen molar-refractivity contribution in [3.8, 4) is 6.07 Å². The number of halogens is 2. The molecular formula is C18H16ClFN6S. The molecule has 1 atom stereocenters. The smallest absolute Gasteiger partial charge is 0.186 e. The van der Waals surface area contributed by atoms with E-state index in [0.29, 0.717) is 29.0 Å². The lowest BCUT2D eigenvalue weighted by Crippen LogP contribution is -2.38. The minimum Gasteiger partial charge on any atom is -0.365 e. The van der Waals surface area contributed by atoms with Gasteiger partial charge >= 0.3 is 0 Å². The lowest BCUT2D eigenvalue weighted by molar-refractivity contribution is 0.211. The fourth-order valence-corrected chi connectivity index (χ4v) is 3.77. The summed E-state index contributed by atoms with van der Waals surface area (Å²) >= 11 is 7.13. The first-order chi connectivity index (χ1) is 14.7. The number of hydrogen-bond acceptors (Lipinski definition) is 7. The van der Waals surface area contributed by atoms with Crippen LogP contribution in [0.15, 0.2) is 24.5 Å². The van der Waals surface area contributed by atoms with Gasteiger partial charge in [0.15, 0.2) is 11.7 Å². The monoisotopic (exact) mass is 406 g/mol. The fraction of sp³-hybridized carbons (Fsp3) is 0.333. The molecule has 3 heterocycles. The standard InChI is InChI=1S/C18H16ClFN6S/c19-18-25-15-16(22-10-23-17(15)27-18)24-13-3-5-26(6-4-13)9-11-1-2-14(20)12(7-11)8-21/h1-2,7,10,13H,3-6,9H2,(H,22,23,24)/i2D,9D,13D/hD. The van der Waals surface area contributed by atoms with Gasteiger partial charge in [0, 0.05) is 27.0 Å². The molecule has 1 aromatic carbocycles. The number of benzene rings is 1. The van der Waals surface area contributed by atoms with Crippen LogP contribution < -0.4 is 5.31 Å². The number of anilines is 1. The van der Waals surface area contributed by atoms with Crippen LogP contribution in [0.2, 0.25) is 5.88 Å². The number of aromatic nitrogens is 3. The van der Waals surface area contributed by atoms with Gasteiger partial charge in [0.05, 0.1) is 8.30 Å². The summed E-state index contributed by atoms with van der Waals surface area (Å²) in [6.45, 7) is -0.263. The molecule has 1 saturated heterocycles. The number of nitrogens with one attached hydrogen (secondary N) is 1. The Hall–Kier alpha value is -2.34. The molecule has 4 rings (SSSR count). The zero-order valence-electron chi connectivity index (χ0n) is 18.0. The normalized spacial score (nSPS) is 20.2. The molecule has 1 unspecified atom stereocenters. The van der Waals surface area contributed by atoms with Gasteiger partial charge in [-0.25, -0.2) is 19.3 Å². The molecule has 0 spiro atoms. The van der Waals surface area contributed by atoms with Crippen molar-refractivity contribution in [3.05, 3.63) is 45.9 Å². The molecule has 138 valence electrons. The van der Waals surface area contributed by atoms with Crippen molar-refractivity contribution in [2.75, 3.05) is 18.4 Å². The molecule has 1 aliphatic rings. The summed E-state index contributed by atoms with van der Waals surface area (Å²) in [4.78, 5) is 14.7. The third-order valence-corrected chi connectivity index (χ3v) is 5.22. The van der Waals surface area contributed by atoms with Crippen LogP contribution in [0.3, 0.4) is 0 Å². The van der Waals surface area contributed by atoms with Crippen LogP contribution in [0.25, 0.3) is 10.3 Å². The van der Waals surface area contributed by atoms with Crippen molar-refractivity contribution in [3.63, 3.8) is 0 Å². The maximum Gasteiger partial charge on any atom is 0.186 e. The van der Waals surface area contributed by atoms with E-state index in [1.807, 2.05) is 0 Å². The summed E-state index contributed by atoms with van der Waals surface area (Å²) < 4.78 is 47.6. The highest BCUT2D eigenvalue weighted by atomic mass is 35.5. The maximum atomic E-state index is 13.8. The molecule has 0 aliphatic carbocycles. The zero-order valence-corrected chi connectivity index (χ0v) is 15.6. The van der Waals surface area contributed by atoms with Crippen LogP contribution in [-0.4, -0.2) is 39.0 Å². The van der Waals surface area contributed by atoms with E-state index in [9.17, 15) is 4.39 Å². The van der Waals surface area contributed by atoms with Gasteiger partial charge in [0.1, 0.15) is 28.6 Å². The van der Waals surface area contributed by atoms with Gasteiger partial charge in [0.25, 0.3) is 0 Å². The average molecular weight is 407 g/mol. The fourth-order valence-electron chi connectivity index (χ4n) is 2.83. The largest absolute Gasteiger partial charge is 0.365 e. The summed E-state index contributed by atoms with van der Waals surface area (Å²) in [6, 6.07) is 2.52. The third kappa shape index (κ3) is 4.00. The Bertz CT molecular complexity index is 1180. The van der Waals surface area contributed by atoms with Crippen molar-refractivity contribution >= 4 is 39.1 Å². The number of rotatable bonds is 4. The van der Waals surface area contributed by atoms with Gasteiger partial charge in [-0.1, -0.05) is 29.0 Å². The van der Waals surface area contributed by atoms with Gasteiger partial charge in [-0.05, 0) is 30.5 Å². The molecule has 2 aromatic heterocycles. The molecule has 1 aliphatic heterocycles.